The van der Waals surface area contributed by atoms with E-state index in [1.807, 2.05) is 25.1 Å². The first-order valence-corrected chi connectivity index (χ1v) is 12.1. The van der Waals surface area contributed by atoms with Crippen molar-refractivity contribution in [3.63, 3.8) is 0 Å². The fourth-order valence-electron chi connectivity index (χ4n) is 4.54. The molecule has 2 aromatic carbocycles. The van der Waals surface area contributed by atoms with Gasteiger partial charge in [-0.15, -0.1) is 0 Å². The summed E-state index contributed by atoms with van der Waals surface area (Å²) in [7, 11) is 2.94. The van der Waals surface area contributed by atoms with Gasteiger partial charge in [0, 0.05) is 39.9 Å². The number of dihydropyridines is 1. The average molecular weight is 547 g/mol. The van der Waals surface area contributed by atoms with Crippen LogP contribution in [-0.4, -0.2) is 26.0 Å². The van der Waals surface area contributed by atoms with Crippen molar-refractivity contribution in [3.8, 4) is 11.5 Å². The molecule has 1 aliphatic carbocycles. The van der Waals surface area contributed by atoms with Crippen molar-refractivity contribution in [2.75, 3.05) is 14.2 Å². The topological polar surface area (TPSA) is 73.9 Å². The molecule has 2 aliphatic rings. The lowest BCUT2D eigenvalue weighted by Crippen LogP contribution is -2.34. The van der Waals surface area contributed by atoms with Crippen molar-refractivity contribution in [1.82, 2.24) is 5.32 Å². The minimum atomic E-state index is -0.525. The molecule has 0 spiro atoms. The molecule has 1 N–H and O–H groups in total. The van der Waals surface area contributed by atoms with E-state index in [1.165, 1.54) is 7.11 Å². The van der Waals surface area contributed by atoms with Crippen molar-refractivity contribution >= 4 is 39.3 Å². The smallest absolute Gasteiger partial charge is 0.336 e. The molecule has 0 unspecified atom stereocenters. The standard InChI is InChI=1S/C26H25BrClNO5/c1-14-23(26(31)33-3)24(25-19(29-14)5-4-6-20(25)30)15-7-9-21(32-2)16(11-15)13-34-22-10-8-17(28)12-18(22)27/h7-12,24,29H,4-6,13H2,1-3H3/t24-/m1/s1. The van der Waals surface area contributed by atoms with E-state index in [9.17, 15) is 9.59 Å². The molecule has 1 aliphatic heterocycles. The molecular weight excluding hydrogens is 522 g/mol. The third-order valence-corrected chi connectivity index (χ3v) is 6.95. The lowest BCUT2D eigenvalue weighted by Gasteiger charge is -2.34. The van der Waals surface area contributed by atoms with Gasteiger partial charge in [-0.1, -0.05) is 17.7 Å². The molecule has 6 nitrogen and oxygen atoms in total. The minimum Gasteiger partial charge on any atom is -0.496 e. The SMILES string of the molecule is COC(=O)C1=C(C)NC2=C(C(=O)CCC2)[C@@H]1c1ccc(OC)c(COc2ccc(Cl)cc2Br)c1. The zero-order valence-electron chi connectivity index (χ0n) is 19.2. The highest BCUT2D eigenvalue weighted by Gasteiger charge is 2.39. The molecule has 0 fully saturated rings. The largest absolute Gasteiger partial charge is 0.496 e. The van der Waals surface area contributed by atoms with Gasteiger partial charge in [0.2, 0.25) is 0 Å². The zero-order chi connectivity index (χ0) is 24.4. The molecule has 8 heteroatoms. The van der Waals surface area contributed by atoms with Crippen LogP contribution >= 0.6 is 27.5 Å². The van der Waals surface area contributed by atoms with E-state index in [0.29, 0.717) is 39.8 Å². The van der Waals surface area contributed by atoms with Gasteiger partial charge in [-0.2, -0.15) is 0 Å². The van der Waals surface area contributed by atoms with Crippen LogP contribution in [-0.2, 0) is 20.9 Å². The molecule has 34 heavy (non-hydrogen) atoms. The van der Waals surface area contributed by atoms with E-state index in [2.05, 4.69) is 21.2 Å². The van der Waals surface area contributed by atoms with Crippen LogP contribution in [0.1, 0.15) is 43.2 Å². The van der Waals surface area contributed by atoms with Gasteiger partial charge in [0.1, 0.15) is 18.1 Å². The summed E-state index contributed by atoms with van der Waals surface area (Å²) in [5.74, 6) is 0.345. The fraction of sp³-hybridized carbons (Fsp3) is 0.308. The summed E-state index contributed by atoms with van der Waals surface area (Å²) in [6, 6.07) is 11.0. The zero-order valence-corrected chi connectivity index (χ0v) is 21.5. The predicted octanol–water partition coefficient (Wildman–Crippen LogP) is 5.83. The Morgan fingerprint density at radius 3 is 2.62 bits per heavy atom. The van der Waals surface area contributed by atoms with Gasteiger partial charge >= 0.3 is 5.97 Å². The van der Waals surface area contributed by atoms with E-state index >= 15 is 0 Å². The number of hydrogen-bond acceptors (Lipinski definition) is 6. The molecule has 2 aromatic rings. The van der Waals surface area contributed by atoms with Gasteiger partial charge in [0.05, 0.1) is 24.3 Å². The number of carbonyl (C=O) groups is 2. The summed E-state index contributed by atoms with van der Waals surface area (Å²) < 4.78 is 17.4. The molecule has 0 amide bonds. The summed E-state index contributed by atoms with van der Waals surface area (Å²) >= 11 is 9.50. The van der Waals surface area contributed by atoms with Gasteiger partial charge in [0.15, 0.2) is 5.78 Å². The first kappa shape index (κ1) is 24.4. The van der Waals surface area contributed by atoms with Crippen molar-refractivity contribution in [2.45, 2.75) is 38.7 Å². The van der Waals surface area contributed by atoms with Crippen molar-refractivity contribution in [3.05, 3.63) is 79.6 Å². The van der Waals surface area contributed by atoms with E-state index in [4.69, 9.17) is 25.8 Å². The number of Topliss-reactive ketones (excluding diaryl/α,β-unsaturated/α-hetero) is 1. The molecule has 4 rings (SSSR count). The van der Waals surface area contributed by atoms with Crippen LogP contribution in [0.15, 0.2) is 63.4 Å². The summed E-state index contributed by atoms with van der Waals surface area (Å²) in [6.45, 7) is 2.06. The highest BCUT2D eigenvalue weighted by atomic mass is 79.9. The minimum absolute atomic E-state index is 0.0476. The normalized spacial score (nSPS) is 17.8. The highest BCUT2D eigenvalue weighted by Crippen LogP contribution is 2.43. The monoisotopic (exact) mass is 545 g/mol. The second-order valence-electron chi connectivity index (χ2n) is 8.19. The lowest BCUT2D eigenvalue weighted by molar-refractivity contribution is -0.136. The Morgan fingerprint density at radius 2 is 1.91 bits per heavy atom. The van der Waals surface area contributed by atoms with Crippen LogP contribution in [0.3, 0.4) is 0 Å². The highest BCUT2D eigenvalue weighted by molar-refractivity contribution is 9.10. The predicted molar refractivity (Wildman–Crippen MR) is 133 cm³/mol. The molecule has 0 saturated heterocycles. The number of carbonyl (C=O) groups excluding carboxylic acids is 2. The molecule has 0 bridgehead atoms. The van der Waals surface area contributed by atoms with Gasteiger partial charge in [0.25, 0.3) is 0 Å². The third kappa shape index (κ3) is 4.72. The Hall–Kier alpha value is -2.77. The van der Waals surface area contributed by atoms with Gasteiger partial charge < -0.3 is 19.5 Å². The number of halogens is 2. The van der Waals surface area contributed by atoms with Crippen LogP contribution < -0.4 is 14.8 Å². The van der Waals surface area contributed by atoms with Crippen LogP contribution in [0.25, 0.3) is 0 Å². The van der Waals surface area contributed by atoms with Gasteiger partial charge in [-0.25, -0.2) is 4.79 Å². The number of hydrogen-bond donors (Lipinski definition) is 1. The second kappa shape index (κ2) is 10.2. The average Bonchev–Trinajstić information content (AvgIpc) is 2.82. The Kier molecular flexibility index (Phi) is 7.33. The first-order valence-electron chi connectivity index (χ1n) is 10.9. The summed E-state index contributed by atoms with van der Waals surface area (Å²) in [4.78, 5) is 25.8. The number of methoxy groups -OCH3 is 2. The quantitative estimate of drug-likeness (QED) is 0.460. The molecule has 0 radical (unpaired) electrons. The molecule has 178 valence electrons. The van der Waals surface area contributed by atoms with Crippen LogP contribution in [0, 0.1) is 0 Å². The second-order valence-corrected chi connectivity index (χ2v) is 9.48. The van der Waals surface area contributed by atoms with Gasteiger partial charge in [-0.3, -0.25) is 4.79 Å². The van der Waals surface area contributed by atoms with Crippen LogP contribution in [0.5, 0.6) is 11.5 Å². The Morgan fingerprint density at radius 1 is 1.15 bits per heavy atom. The Bertz CT molecular complexity index is 1220. The number of rotatable bonds is 6. The summed E-state index contributed by atoms with van der Waals surface area (Å²) in [5, 5.41) is 3.88. The number of benzene rings is 2. The fourth-order valence-corrected chi connectivity index (χ4v) is 5.33. The molecule has 1 atom stereocenters. The van der Waals surface area contributed by atoms with E-state index in [0.717, 1.165) is 34.1 Å². The maximum absolute atomic E-state index is 13.0. The number of allylic oxidation sites excluding steroid dienone is 3. The van der Waals surface area contributed by atoms with Crippen LogP contribution in [0.4, 0.5) is 0 Å². The van der Waals surface area contributed by atoms with Crippen LogP contribution in [0.2, 0.25) is 5.02 Å². The van der Waals surface area contributed by atoms with E-state index in [-0.39, 0.29) is 12.4 Å². The maximum Gasteiger partial charge on any atom is 0.336 e. The number of esters is 1. The summed E-state index contributed by atoms with van der Waals surface area (Å²) in [5.41, 5.74) is 4.24. The summed E-state index contributed by atoms with van der Waals surface area (Å²) in [6.07, 6.45) is 2.01. The Labute approximate surface area is 212 Å². The maximum atomic E-state index is 13.0. The molecule has 0 aromatic heterocycles. The lowest BCUT2D eigenvalue weighted by atomic mass is 9.75. The number of ether oxygens (including phenoxy) is 3. The Balaban J connectivity index is 1.76. The third-order valence-electron chi connectivity index (χ3n) is 6.10. The van der Waals surface area contributed by atoms with E-state index in [1.54, 1.807) is 25.3 Å². The number of nitrogens with one attached hydrogen (secondary N) is 1. The molecule has 1 heterocycles. The van der Waals surface area contributed by atoms with Crippen molar-refractivity contribution in [1.29, 1.82) is 0 Å². The van der Waals surface area contributed by atoms with E-state index < -0.39 is 11.9 Å². The number of ketones is 1. The first-order chi connectivity index (χ1) is 16.3. The van der Waals surface area contributed by atoms with Crippen molar-refractivity contribution < 1.29 is 23.8 Å². The molecular formula is C26H25BrClNO5. The van der Waals surface area contributed by atoms with Gasteiger partial charge in [-0.05, 0) is 71.6 Å². The molecule has 0 saturated carbocycles. The van der Waals surface area contributed by atoms with Crippen molar-refractivity contribution in [2.24, 2.45) is 0 Å².